The average molecular weight is 273 g/mol. The van der Waals surface area contributed by atoms with Crippen molar-refractivity contribution < 1.29 is 14.3 Å². The van der Waals surface area contributed by atoms with Crippen LogP contribution >= 0.6 is 0 Å². The van der Waals surface area contributed by atoms with E-state index in [1.807, 2.05) is 14.0 Å². The van der Waals surface area contributed by atoms with Crippen LogP contribution < -0.4 is 4.90 Å². The van der Waals surface area contributed by atoms with Gasteiger partial charge < -0.3 is 10.0 Å². The molecule has 0 spiro atoms. The molecule has 0 amide bonds. The first-order valence-electron chi connectivity index (χ1n) is 6.27. The first-order chi connectivity index (χ1) is 9.49. The quantitative estimate of drug-likeness (QED) is 0.927. The molecule has 0 saturated carbocycles. The second-order valence-electron chi connectivity index (χ2n) is 4.75. The van der Waals surface area contributed by atoms with Crippen molar-refractivity contribution in [1.29, 1.82) is 0 Å². The van der Waals surface area contributed by atoms with Crippen LogP contribution in [0.2, 0.25) is 0 Å². The molecular weight excluding hydrogens is 257 g/mol. The minimum atomic E-state index is -0.942. The Bertz CT molecular complexity index is 640. The van der Waals surface area contributed by atoms with Crippen molar-refractivity contribution in [3.63, 3.8) is 0 Å². The maximum absolute atomic E-state index is 13.7. The third kappa shape index (κ3) is 2.96. The second kappa shape index (κ2) is 5.74. The van der Waals surface area contributed by atoms with Crippen molar-refractivity contribution in [2.24, 2.45) is 0 Å². The molecule has 104 valence electrons. The van der Waals surface area contributed by atoms with Crippen LogP contribution in [-0.4, -0.2) is 18.1 Å². The minimum Gasteiger partial charge on any atom is -0.478 e. The van der Waals surface area contributed by atoms with Gasteiger partial charge in [0.25, 0.3) is 0 Å². The van der Waals surface area contributed by atoms with Crippen LogP contribution in [0.1, 0.15) is 21.5 Å². The average Bonchev–Trinajstić information content (AvgIpc) is 2.41. The number of carboxylic acids is 1. The number of hydrogen-bond acceptors (Lipinski definition) is 2. The molecule has 2 aromatic carbocycles. The molecule has 0 aliphatic rings. The number of benzene rings is 2. The van der Waals surface area contributed by atoms with Gasteiger partial charge in [-0.15, -0.1) is 0 Å². The van der Waals surface area contributed by atoms with Crippen LogP contribution in [0.5, 0.6) is 0 Å². The van der Waals surface area contributed by atoms with Gasteiger partial charge in [-0.2, -0.15) is 0 Å². The second-order valence-corrected chi connectivity index (χ2v) is 4.75. The van der Waals surface area contributed by atoms with Crippen molar-refractivity contribution in [2.45, 2.75) is 13.5 Å². The van der Waals surface area contributed by atoms with Crippen molar-refractivity contribution in [2.75, 3.05) is 11.9 Å². The predicted octanol–water partition coefficient (Wildman–Crippen LogP) is 3.47. The summed E-state index contributed by atoms with van der Waals surface area (Å²) in [6, 6.07) is 11.6. The lowest BCUT2D eigenvalue weighted by atomic mass is 10.0. The van der Waals surface area contributed by atoms with Gasteiger partial charge in [0.1, 0.15) is 5.82 Å². The number of rotatable bonds is 4. The van der Waals surface area contributed by atoms with Gasteiger partial charge in [-0.1, -0.05) is 18.2 Å². The van der Waals surface area contributed by atoms with E-state index in [1.165, 1.54) is 6.07 Å². The lowest BCUT2D eigenvalue weighted by molar-refractivity contribution is 0.0697. The zero-order valence-electron chi connectivity index (χ0n) is 11.4. The molecule has 20 heavy (non-hydrogen) atoms. The lowest BCUT2D eigenvalue weighted by Gasteiger charge is -2.21. The van der Waals surface area contributed by atoms with Crippen molar-refractivity contribution in [1.82, 2.24) is 0 Å². The maximum Gasteiger partial charge on any atom is 0.335 e. The van der Waals surface area contributed by atoms with E-state index in [4.69, 9.17) is 5.11 Å². The molecule has 4 heteroatoms. The summed E-state index contributed by atoms with van der Waals surface area (Å²) < 4.78 is 13.7. The third-order valence-corrected chi connectivity index (χ3v) is 3.26. The summed E-state index contributed by atoms with van der Waals surface area (Å²) in [4.78, 5) is 12.7. The Labute approximate surface area is 117 Å². The van der Waals surface area contributed by atoms with Crippen molar-refractivity contribution in [3.8, 4) is 0 Å². The fourth-order valence-electron chi connectivity index (χ4n) is 2.11. The van der Waals surface area contributed by atoms with Gasteiger partial charge in [-0.3, -0.25) is 0 Å². The van der Waals surface area contributed by atoms with Gasteiger partial charge >= 0.3 is 5.97 Å². The molecule has 0 radical (unpaired) electrons. The Morgan fingerprint density at radius 3 is 2.55 bits per heavy atom. The highest BCUT2D eigenvalue weighted by Gasteiger charge is 2.10. The predicted molar refractivity (Wildman–Crippen MR) is 76.6 cm³/mol. The van der Waals surface area contributed by atoms with Crippen LogP contribution in [0.4, 0.5) is 10.1 Å². The number of hydrogen-bond donors (Lipinski definition) is 1. The number of anilines is 1. The van der Waals surface area contributed by atoms with E-state index < -0.39 is 5.97 Å². The molecule has 0 aliphatic heterocycles. The van der Waals surface area contributed by atoms with Crippen LogP contribution in [0.3, 0.4) is 0 Å². The summed E-state index contributed by atoms with van der Waals surface area (Å²) in [5.41, 5.74) is 2.64. The van der Waals surface area contributed by atoms with Crippen LogP contribution in [-0.2, 0) is 6.54 Å². The highest BCUT2D eigenvalue weighted by atomic mass is 19.1. The summed E-state index contributed by atoms with van der Waals surface area (Å²) in [6.07, 6.45) is 0. The Hall–Kier alpha value is -2.36. The molecule has 0 aromatic heterocycles. The van der Waals surface area contributed by atoms with Gasteiger partial charge in [0.2, 0.25) is 0 Å². The molecule has 0 fully saturated rings. The molecule has 0 heterocycles. The highest BCUT2D eigenvalue weighted by Crippen LogP contribution is 2.21. The van der Waals surface area contributed by atoms with E-state index in [-0.39, 0.29) is 11.4 Å². The molecule has 0 saturated heterocycles. The van der Waals surface area contributed by atoms with E-state index in [0.717, 1.165) is 11.1 Å². The standard InChI is InChI=1S/C16H16FNO2/c1-11-9-12(16(19)20)7-8-13(11)10-18(2)15-6-4-3-5-14(15)17/h3-9H,10H2,1-2H3,(H,19,20). The number of carbonyl (C=O) groups is 1. The number of para-hydroxylation sites is 1. The molecule has 0 atom stereocenters. The largest absolute Gasteiger partial charge is 0.478 e. The SMILES string of the molecule is Cc1cc(C(=O)O)ccc1CN(C)c1ccccc1F. The van der Waals surface area contributed by atoms with E-state index in [2.05, 4.69) is 0 Å². The number of nitrogens with zero attached hydrogens (tertiary/aromatic N) is 1. The first kappa shape index (κ1) is 14.1. The fraction of sp³-hybridized carbons (Fsp3) is 0.188. The lowest BCUT2D eigenvalue weighted by Crippen LogP contribution is -2.18. The molecule has 0 aliphatic carbocycles. The Morgan fingerprint density at radius 1 is 1.25 bits per heavy atom. The molecule has 3 nitrogen and oxygen atoms in total. The molecule has 2 rings (SSSR count). The Morgan fingerprint density at radius 2 is 1.95 bits per heavy atom. The van der Waals surface area contributed by atoms with Crippen LogP contribution in [0.25, 0.3) is 0 Å². The van der Waals surface area contributed by atoms with Gasteiger partial charge in [-0.25, -0.2) is 9.18 Å². The van der Waals surface area contributed by atoms with Gasteiger partial charge in [0.15, 0.2) is 0 Å². The molecule has 0 unspecified atom stereocenters. The summed E-state index contributed by atoms with van der Waals surface area (Å²) in [5, 5.41) is 8.94. The summed E-state index contributed by atoms with van der Waals surface area (Å²) in [7, 11) is 1.81. The van der Waals surface area contributed by atoms with Crippen molar-refractivity contribution in [3.05, 3.63) is 65.0 Å². The molecule has 1 N–H and O–H groups in total. The van der Waals surface area contributed by atoms with Crippen molar-refractivity contribution >= 4 is 11.7 Å². The van der Waals surface area contributed by atoms with Gasteiger partial charge in [-0.05, 0) is 42.3 Å². The van der Waals surface area contributed by atoms with Crippen LogP contribution in [0.15, 0.2) is 42.5 Å². The molecular formula is C16H16FNO2. The van der Waals surface area contributed by atoms with E-state index in [1.54, 1.807) is 41.3 Å². The fourth-order valence-corrected chi connectivity index (χ4v) is 2.11. The zero-order chi connectivity index (χ0) is 14.7. The Balaban J connectivity index is 2.22. The van der Waals surface area contributed by atoms with Gasteiger partial charge in [0.05, 0.1) is 11.3 Å². The zero-order valence-corrected chi connectivity index (χ0v) is 11.4. The van der Waals surface area contributed by atoms with Crippen LogP contribution in [0, 0.1) is 12.7 Å². The minimum absolute atomic E-state index is 0.264. The van der Waals surface area contributed by atoms with E-state index >= 15 is 0 Å². The normalized spacial score (nSPS) is 10.3. The van der Waals surface area contributed by atoms with E-state index in [0.29, 0.717) is 12.2 Å². The van der Waals surface area contributed by atoms with Gasteiger partial charge in [0, 0.05) is 13.6 Å². The third-order valence-electron chi connectivity index (χ3n) is 3.26. The Kier molecular flexibility index (Phi) is 4.03. The topological polar surface area (TPSA) is 40.5 Å². The first-order valence-corrected chi connectivity index (χ1v) is 6.27. The monoisotopic (exact) mass is 273 g/mol. The highest BCUT2D eigenvalue weighted by molar-refractivity contribution is 5.87. The number of halogens is 1. The number of aryl methyl sites for hydroxylation is 1. The summed E-state index contributed by atoms with van der Waals surface area (Å²) >= 11 is 0. The maximum atomic E-state index is 13.7. The number of carboxylic acid groups (broad SMARTS) is 1. The smallest absolute Gasteiger partial charge is 0.335 e. The summed E-state index contributed by atoms with van der Waals surface area (Å²) in [5.74, 6) is -1.21. The number of aromatic carboxylic acids is 1. The van der Waals surface area contributed by atoms with E-state index in [9.17, 15) is 9.18 Å². The molecule has 2 aromatic rings. The summed E-state index contributed by atoms with van der Waals surface area (Å²) in [6.45, 7) is 2.38. The molecule has 0 bridgehead atoms.